The summed E-state index contributed by atoms with van der Waals surface area (Å²) < 4.78 is 83.6. The van der Waals surface area contributed by atoms with Crippen LogP contribution in [0.2, 0.25) is 0 Å². The van der Waals surface area contributed by atoms with Gasteiger partial charge in [-0.1, -0.05) is 0 Å². The number of aryl methyl sites for hydroxylation is 2. The van der Waals surface area contributed by atoms with Crippen LogP contribution in [0.3, 0.4) is 0 Å². The fourth-order valence-electron chi connectivity index (χ4n) is 5.78. The van der Waals surface area contributed by atoms with Crippen molar-refractivity contribution in [1.82, 2.24) is 39.0 Å². The predicted octanol–water partition coefficient (Wildman–Crippen LogP) is 9.97. The van der Waals surface area contributed by atoms with E-state index in [1.165, 1.54) is 35.4 Å². The number of aromatic nitrogens is 8. The van der Waals surface area contributed by atoms with Crippen LogP contribution in [-0.2, 0) is 12.4 Å². The number of fused-ring (bicyclic) bond motifs is 2. The van der Waals surface area contributed by atoms with Crippen LogP contribution in [0.4, 0.5) is 37.7 Å². The van der Waals surface area contributed by atoms with Gasteiger partial charge in [-0.2, -0.15) is 26.3 Å². The van der Waals surface area contributed by atoms with Gasteiger partial charge < -0.3 is 24.8 Å². The zero-order valence-corrected chi connectivity index (χ0v) is 33.7. The molecule has 4 aromatic heterocycles. The third-order valence-corrected chi connectivity index (χ3v) is 8.42. The summed E-state index contributed by atoms with van der Waals surface area (Å²) in [7, 11) is 9.87. The van der Waals surface area contributed by atoms with E-state index < -0.39 is 47.3 Å². The Morgan fingerprint density at radius 2 is 1.14 bits per heavy atom. The molecule has 0 amide bonds. The van der Waals surface area contributed by atoms with Gasteiger partial charge in [0.2, 0.25) is 0 Å². The van der Waals surface area contributed by atoms with E-state index in [1.54, 1.807) is 61.1 Å². The van der Waals surface area contributed by atoms with Gasteiger partial charge in [-0.3, -0.25) is 10.1 Å². The van der Waals surface area contributed by atoms with Crippen LogP contribution in [0.1, 0.15) is 22.5 Å². The maximum atomic E-state index is 13.4. The number of benzene rings is 4. The summed E-state index contributed by atoms with van der Waals surface area (Å²) in [5.74, 6) is 0.524. The number of nitrogen functional groups attached to an aromatic ring is 1. The molecular weight excluding hydrogens is 908 g/mol. The molecule has 4 N–H and O–H groups in total. The molecule has 0 aliphatic rings. The molecular formula is C36H26Cl2F6N10O2Sn. The van der Waals surface area contributed by atoms with Gasteiger partial charge in [0.05, 0.1) is 50.8 Å². The fourth-order valence-corrected chi connectivity index (χ4v) is 5.78. The third kappa shape index (κ3) is 9.34. The van der Waals surface area contributed by atoms with Gasteiger partial charge in [0.1, 0.15) is 11.6 Å². The van der Waals surface area contributed by atoms with Gasteiger partial charge in [0.15, 0.2) is 0 Å². The van der Waals surface area contributed by atoms with Crippen LogP contribution in [0.25, 0.3) is 56.2 Å². The summed E-state index contributed by atoms with van der Waals surface area (Å²) in [4.78, 5) is 32.9. The minimum absolute atomic E-state index is 0.138. The molecule has 0 saturated heterocycles. The average Bonchev–Trinajstić information content (AvgIpc) is 3.97. The fraction of sp³-hybridized carbons (Fsp3) is 0.111. The van der Waals surface area contributed by atoms with Crippen LogP contribution < -0.4 is 5.73 Å². The molecule has 0 aliphatic heterocycles. The first-order chi connectivity index (χ1) is 26.9. The summed E-state index contributed by atoms with van der Waals surface area (Å²) in [5.41, 5.74) is 9.24. The topological polar surface area (TPSA) is 162 Å². The molecule has 12 nitrogen and oxygen atoms in total. The van der Waals surface area contributed by atoms with E-state index in [0.29, 0.717) is 50.5 Å². The number of non-ortho nitro benzene ring substituents is 1. The molecule has 57 heavy (non-hydrogen) atoms. The first-order valence-corrected chi connectivity index (χ1v) is 23.5. The zero-order chi connectivity index (χ0) is 41.2. The molecule has 8 aromatic rings. The van der Waals surface area contributed by atoms with Crippen molar-refractivity contribution in [3.05, 3.63) is 130 Å². The number of anilines is 1. The van der Waals surface area contributed by atoms with Crippen molar-refractivity contribution < 1.29 is 31.3 Å². The second kappa shape index (κ2) is 16.5. The number of nitrogens with zero attached hydrogens (tertiary/aromatic N) is 7. The molecule has 0 fully saturated rings. The predicted molar refractivity (Wildman–Crippen MR) is 205 cm³/mol. The molecule has 21 heteroatoms. The van der Waals surface area contributed by atoms with Gasteiger partial charge in [0.25, 0.3) is 5.69 Å². The Morgan fingerprint density at radius 1 is 0.702 bits per heavy atom. The van der Waals surface area contributed by atoms with Gasteiger partial charge in [0, 0.05) is 64.1 Å². The molecule has 0 aliphatic carbocycles. The number of rotatable bonds is 5. The monoisotopic (exact) mass is 934 g/mol. The van der Waals surface area contributed by atoms with Gasteiger partial charge >= 0.3 is 49.1 Å². The average molecular weight is 934 g/mol. The molecule has 2 radical (unpaired) electrons. The van der Waals surface area contributed by atoms with E-state index in [4.69, 9.17) is 23.6 Å². The van der Waals surface area contributed by atoms with Crippen molar-refractivity contribution in [3.8, 4) is 34.2 Å². The molecule has 292 valence electrons. The summed E-state index contributed by atoms with van der Waals surface area (Å²) in [6.07, 6.45) is -2.99. The van der Waals surface area contributed by atoms with Crippen LogP contribution in [-0.4, -0.2) is 62.9 Å². The zero-order valence-electron chi connectivity index (χ0n) is 29.3. The third-order valence-electron chi connectivity index (χ3n) is 8.42. The number of H-pyrrole nitrogens is 2. The van der Waals surface area contributed by atoms with Crippen molar-refractivity contribution >= 4 is 70.2 Å². The quantitative estimate of drug-likeness (QED) is 0.0509. The number of nitro groups is 1. The molecule has 0 atom stereocenters. The van der Waals surface area contributed by atoms with Gasteiger partial charge in [-0.25, -0.2) is 19.9 Å². The molecule has 0 bridgehead atoms. The van der Waals surface area contributed by atoms with Crippen LogP contribution in [0.5, 0.6) is 0 Å². The first kappa shape index (κ1) is 41.0. The standard InChI is InChI=1S/C18H12F3N5O2.C18H14F3N5.2ClH.Sn/c1-10-8-22-9-25(10)14-5-11(4-12(6-14)18(19,20)21)17-23-15-3-2-13(26(27)28)7-16(15)24-17;1-10-8-23-9-26(10)14-5-11(4-12(6-14)18(19,20)21)17-24-15-3-2-13(22)7-16(15)25-17;;;/h2-9H,1H3,(H,23,24);2-9H,22H2,1H3,(H,24,25);2*1H;/q;;;;+2/p-2. The van der Waals surface area contributed by atoms with E-state index in [1.807, 2.05) is 0 Å². The Bertz CT molecular complexity index is 2720. The number of aromatic amines is 2. The van der Waals surface area contributed by atoms with Gasteiger partial charge in [-0.05, 0) is 74.5 Å². The van der Waals surface area contributed by atoms with E-state index in [-0.39, 0.29) is 22.8 Å². The number of halogens is 8. The Labute approximate surface area is 335 Å². The molecule has 0 unspecified atom stereocenters. The van der Waals surface area contributed by atoms with Crippen molar-refractivity contribution in [2.75, 3.05) is 5.73 Å². The van der Waals surface area contributed by atoms with E-state index >= 15 is 0 Å². The first-order valence-electron chi connectivity index (χ1n) is 16.2. The SMILES string of the molecule is Cc1cncn1-c1cc(-c2nc3ccc(N)cc3[nH]2)cc(C(F)(F)F)c1.Cc1cncn1-c1cc(-c2nc3ccc([N+](=O)[O-])cc3[nH]2)cc(C(F)(F)F)c1.[Cl][Sn][Cl]. The Kier molecular flexibility index (Phi) is 11.9. The normalized spacial score (nSPS) is 11.6. The number of nitrogens with one attached hydrogen (secondary N) is 2. The molecule has 0 spiro atoms. The number of nitro benzene ring substituents is 1. The van der Waals surface area contributed by atoms with Crippen LogP contribution >= 0.6 is 17.8 Å². The van der Waals surface area contributed by atoms with Gasteiger partial charge in [-0.15, -0.1) is 0 Å². The molecule has 4 aromatic carbocycles. The number of imidazole rings is 4. The Hall–Kier alpha value is -5.60. The summed E-state index contributed by atoms with van der Waals surface area (Å²) in [5, 5.41) is 10.9. The van der Waals surface area contributed by atoms with Crippen molar-refractivity contribution in [2.24, 2.45) is 0 Å². The molecule has 0 saturated carbocycles. The maximum absolute atomic E-state index is 13.4. The van der Waals surface area contributed by atoms with Crippen molar-refractivity contribution in [2.45, 2.75) is 26.2 Å². The Morgan fingerprint density at radius 3 is 1.54 bits per heavy atom. The summed E-state index contributed by atoms with van der Waals surface area (Å²) in [6.45, 7) is 3.50. The second-order valence-corrected chi connectivity index (χ2v) is 16.6. The Balaban J connectivity index is 0.000000181. The summed E-state index contributed by atoms with van der Waals surface area (Å²) in [6, 6.07) is 16.5. The second-order valence-electron chi connectivity index (χ2n) is 12.3. The number of nitrogens with two attached hydrogens (primary N) is 1. The van der Waals surface area contributed by atoms with E-state index in [9.17, 15) is 36.5 Å². The number of hydrogen-bond acceptors (Lipinski definition) is 7. The van der Waals surface area contributed by atoms with Crippen LogP contribution in [0.15, 0.2) is 97.8 Å². The van der Waals surface area contributed by atoms with Crippen LogP contribution in [0, 0.1) is 24.0 Å². The minimum atomic E-state index is -4.55. The number of alkyl halides is 6. The van der Waals surface area contributed by atoms with Crippen molar-refractivity contribution in [1.29, 1.82) is 0 Å². The molecule has 8 rings (SSSR count). The van der Waals surface area contributed by atoms with E-state index in [0.717, 1.165) is 30.0 Å². The molecule has 4 heterocycles. The van der Waals surface area contributed by atoms with Crippen molar-refractivity contribution in [3.63, 3.8) is 0 Å². The number of hydrogen-bond donors (Lipinski definition) is 3. The summed E-state index contributed by atoms with van der Waals surface area (Å²) >= 11 is -0.826. The van der Waals surface area contributed by atoms with E-state index in [2.05, 4.69) is 29.9 Å².